The van der Waals surface area contributed by atoms with Crippen LogP contribution in [-0.4, -0.2) is 19.1 Å². The SMILES string of the molecule is Cc1nc(-c2ccc(N(C)C)cc2)cc(-c2ccccc2)c1C#N. The Balaban J connectivity index is 2.13. The maximum absolute atomic E-state index is 9.52. The third kappa shape index (κ3) is 3.00. The molecule has 0 aliphatic carbocycles. The molecule has 0 N–H and O–H groups in total. The summed E-state index contributed by atoms with van der Waals surface area (Å²) in [5.41, 5.74) is 6.43. The number of nitrogens with zero attached hydrogens (tertiary/aromatic N) is 3. The smallest absolute Gasteiger partial charge is 0.102 e. The van der Waals surface area contributed by atoms with Crippen LogP contribution in [0.5, 0.6) is 0 Å². The van der Waals surface area contributed by atoms with Crippen molar-refractivity contribution in [3.05, 3.63) is 71.9 Å². The second-order valence-electron chi connectivity index (χ2n) is 5.93. The molecule has 0 spiro atoms. The van der Waals surface area contributed by atoms with Crippen molar-refractivity contribution in [2.75, 3.05) is 19.0 Å². The van der Waals surface area contributed by atoms with E-state index in [0.29, 0.717) is 5.56 Å². The molecule has 3 aromatic rings. The van der Waals surface area contributed by atoms with Gasteiger partial charge in [-0.25, -0.2) is 0 Å². The molecule has 24 heavy (non-hydrogen) atoms. The van der Waals surface area contributed by atoms with Gasteiger partial charge in [-0.05, 0) is 30.7 Å². The van der Waals surface area contributed by atoms with Crippen molar-refractivity contribution in [1.29, 1.82) is 5.26 Å². The zero-order valence-corrected chi connectivity index (χ0v) is 14.1. The molecule has 0 saturated heterocycles. The highest BCUT2D eigenvalue weighted by atomic mass is 15.1. The minimum atomic E-state index is 0.634. The fourth-order valence-electron chi connectivity index (χ4n) is 2.74. The van der Waals surface area contributed by atoms with E-state index in [1.54, 1.807) is 0 Å². The highest BCUT2D eigenvalue weighted by molar-refractivity contribution is 5.77. The lowest BCUT2D eigenvalue weighted by Crippen LogP contribution is -2.08. The van der Waals surface area contributed by atoms with Crippen LogP contribution in [0, 0.1) is 18.3 Å². The number of pyridine rings is 1. The molecule has 0 aliphatic heterocycles. The summed E-state index contributed by atoms with van der Waals surface area (Å²) in [6.07, 6.45) is 0. The predicted octanol–water partition coefficient (Wildman–Crippen LogP) is 4.66. The molecule has 0 unspecified atom stereocenters. The first-order chi connectivity index (χ1) is 11.6. The van der Waals surface area contributed by atoms with Crippen molar-refractivity contribution in [1.82, 2.24) is 4.98 Å². The monoisotopic (exact) mass is 313 g/mol. The maximum Gasteiger partial charge on any atom is 0.102 e. The molecule has 1 aromatic heterocycles. The number of rotatable bonds is 3. The summed E-state index contributed by atoms with van der Waals surface area (Å²) >= 11 is 0. The molecule has 0 radical (unpaired) electrons. The van der Waals surface area contributed by atoms with Crippen LogP contribution in [0.3, 0.4) is 0 Å². The fraction of sp³-hybridized carbons (Fsp3) is 0.143. The average Bonchev–Trinajstić information content (AvgIpc) is 2.62. The molecule has 0 saturated carbocycles. The third-order valence-electron chi connectivity index (χ3n) is 4.08. The van der Waals surface area contributed by atoms with E-state index >= 15 is 0 Å². The summed E-state index contributed by atoms with van der Waals surface area (Å²) in [5, 5.41) is 9.52. The van der Waals surface area contributed by atoms with E-state index in [1.807, 2.05) is 57.4 Å². The Morgan fingerprint density at radius 1 is 0.917 bits per heavy atom. The van der Waals surface area contributed by atoms with Gasteiger partial charge in [0.25, 0.3) is 0 Å². The van der Waals surface area contributed by atoms with Gasteiger partial charge in [0.15, 0.2) is 0 Å². The minimum Gasteiger partial charge on any atom is -0.378 e. The standard InChI is InChI=1S/C21H19N3/c1-15-20(14-22)19(16-7-5-4-6-8-16)13-21(23-15)17-9-11-18(12-10-17)24(2)3/h4-13H,1-3H3. The predicted molar refractivity (Wildman–Crippen MR) is 98.9 cm³/mol. The van der Waals surface area contributed by atoms with Crippen LogP contribution in [0.2, 0.25) is 0 Å². The largest absolute Gasteiger partial charge is 0.378 e. The molecular formula is C21H19N3. The maximum atomic E-state index is 9.52. The Morgan fingerprint density at radius 3 is 2.17 bits per heavy atom. The molecule has 3 heteroatoms. The van der Waals surface area contributed by atoms with Gasteiger partial charge in [-0.1, -0.05) is 42.5 Å². The number of nitriles is 1. The third-order valence-corrected chi connectivity index (χ3v) is 4.08. The molecule has 0 atom stereocenters. The lowest BCUT2D eigenvalue weighted by Gasteiger charge is -2.14. The number of aromatic nitrogens is 1. The minimum absolute atomic E-state index is 0.634. The van der Waals surface area contributed by atoms with Crippen molar-refractivity contribution in [2.24, 2.45) is 0 Å². The lowest BCUT2D eigenvalue weighted by atomic mass is 9.97. The average molecular weight is 313 g/mol. The van der Waals surface area contributed by atoms with Gasteiger partial charge in [-0.3, -0.25) is 4.98 Å². The molecule has 3 rings (SSSR count). The normalized spacial score (nSPS) is 10.2. The topological polar surface area (TPSA) is 39.9 Å². The van der Waals surface area contributed by atoms with Crippen molar-refractivity contribution >= 4 is 5.69 Å². The molecule has 0 fully saturated rings. The van der Waals surface area contributed by atoms with Crippen molar-refractivity contribution in [2.45, 2.75) is 6.92 Å². The zero-order chi connectivity index (χ0) is 17.1. The van der Waals surface area contributed by atoms with Gasteiger partial charge >= 0.3 is 0 Å². The van der Waals surface area contributed by atoms with E-state index < -0.39 is 0 Å². The van der Waals surface area contributed by atoms with E-state index in [1.165, 1.54) is 0 Å². The van der Waals surface area contributed by atoms with Crippen LogP contribution in [0.25, 0.3) is 22.4 Å². The summed E-state index contributed by atoms with van der Waals surface area (Å²) in [7, 11) is 4.04. The molecule has 118 valence electrons. The number of benzene rings is 2. The van der Waals surface area contributed by atoms with E-state index in [9.17, 15) is 5.26 Å². The highest BCUT2D eigenvalue weighted by Gasteiger charge is 2.12. The van der Waals surface area contributed by atoms with Crippen molar-refractivity contribution < 1.29 is 0 Å². The molecular weight excluding hydrogens is 294 g/mol. The first-order valence-corrected chi connectivity index (χ1v) is 7.85. The van der Waals surface area contributed by atoms with Gasteiger partial charge in [0.05, 0.1) is 17.0 Å². The summed E-state index contributed by atoms with van der Waals surface area (Å²) in [4.78, 5) is 6.70. The Morgan fingerprint density at radius 2 is 1.58 bits per heavy atom. The summed E-state index contributed by atoms with van der Waals surface area (Å²) < 4.78 is 0. The van der Waals surface area contributed by atoms with Gasteiger partial charge in [0.1, 0.15) is 6.07 Å². The fourth-order valence-corrected chi connectivity index (χ4v) is 2.74. The van der Waals surface area contributed by atoms with Gasteiger partial charge in [0.2, 0.25) is 0 Å². The molecule has 0 bridgehead atoms. The molecule has 0 aliphatic rings. The molecule has 2 aromatic carbocycles. The molecule has 0 amide bonds. The summed E-state index contributed by atoms with van der Waals surface area (Å²) in [6.45, 7) is 1.89. The van der Waals surface area contributed by atoms with Crippen LogP contribution in [0.1, 0.15) is 11.3 Å². The van der Waals surface area contributed by atoms with E-state index in [0.717, 1.165) is 33.8 Å². The quantitative estimate of drug-likeness (QED) is 0.706. The van der Waals surface area contributed by atoms with Crippen LogP contribution < -0.4 is 4.90 Å². The Labute approximate surface area is 142 Å². The second kappa shape index (κ2) is 6.55. The Kier molecular flexibility index (Phi) is 4.31. The van der Waals surface area contributed by atoms with Crippen LogP contribution in [-0.2, 0) is 0 Å². The molecule has 3 nitrogen and oxygen atoms in total. The van der Waals surface area contributed by atoms with Crippen molar-refractivity contribution in [3.8, 4) is 28.5 Å². The number of anilines is 1. The van der Waals surface area contributed by atoms with Gasteiger partial charge in [0, 0.05) is 30.9 Å². The number of hydrogen-bond donors (Lipinski definition) is 0. The first-order valence-electron chi connectivity index (χ1n) is 7.85. The number of aryl methyl sites for hydroxylation is 1. The van der Waals surface area contributed by atoms with E-state index in [4.69, 9.17) is 0 Å². The lowest BCUT2D eigenvalue weighted by molar-refractivity contribution is 1.13. The Bertz CT molecular complexity index is 889. The van der Waals surface area contributed by atoms with Gasteiger partial charge < -0.3 is 4.90 Å². The zero-order valence-electron chi connectivity index (χ0n) is 14.1. The van der Waals surface area contributed by atoms with Crippen LogP contribution >= 0.6 is 0 Å². The van der Waals surface area contributed by atoms with E-state index in [2.05, 4.69) is 40.2 Å². The summed E-state index contributed by atoms with van der Waals surface area (Å²) in [6, 6.07) is 22.6. The number of hydrogen-bond acceptors (Lipinski definition) is 3. The Hall–Kier alpha value is -3.12. The second-order valence-corrected chi connectivity index (χ2v) is 5.93. The van der Waals surface area contributed by atoms with Crippen LogP contribution in [0.15, 0.2) is 60.7 Å². The van der Waals surface area contributed by atoms with Crippen LogP contribution in [0.4, 0.5) is 5.69 Å². The van der Waals surface area contributed by atoms with Crippen molar-refractivity contribution in [3.63, 3.8) is 0 Å². The molecule has 1 heterocycles. The van der Waals surface area contributed by atoms with Gasteiger partial charge in [-0.2, -0.15) is 5.26 Å². The van der Waals surface area contributed by atoms with Gasteiger partial charge in [-0.15, -0.1) is 0 Å². The van der Waals surface area contributed by atoms with E-state index in [-0.39, 0.29) is 0 Å². The first kappa shape index (κ1) is 15.8. The highest BCUT2D eigenvalue weighted by Crippen LogP contribution is 2.30. The summed E-state index contributed by atoms with van der Waals surface area (Å²) in [5.74, 6) is 0.